The summed E-state index contributed by atoms with van der Waals surface area (Å²) in [5.41, 5.74) is 0.650. The Bertz CT molecular complexity index is 1010. The second-order valence-electron chi connectivity index (χ2n) is 6.02. The average Bonchev–Trinajstić information content (AvgIpc) is 2.66. The topological polar surface area (TPSA) is 43.4 Å². The quantitative estimate of drug-likeness (QED) is 0.282. The van der Waals surface area contributed by atoms with E-state index >= 15 is 0 Å². The van der Waals surface area contributed by atoms with E-state index in [2.05, 4.69) is 2.51 Å². The summed E-state index contributed by atoms with van der Waals surface area (Å²) in [5.74, 6) is -14.7. The summed E-state index contributed by atoms with van der Waals surface area (Å²) in [5, 5.41) is -6.89. The fraction of sp³-hybridized carbons (Fsp3) is 0.294. The van der Waals surface area contributed by atoms with Gasteiger partial charge in [-0.25, -0.2) is 0 Å². The number of benzene rings is 2. The number of alkyl halides is 9. The molecule has 0 aromatic heterocycles. The zero-order valence-corrected chi connectivity index (χ0v) is 18.1. The Labute approximate surface area is 178 Å². The van der Waals surface area contributed by atoms with Gasteiger partial charge in [-0.05, 0) is 0 Å². The van der Waals surface area contributed by atoms with Crippen molar-refractivity contribution in [2.75, 3.05) is 0 Å². The third-order valence-electron chi connectivity index (χ3n) is 3.72. The van der Waals surface area contributed by atoms with Crippen molar-refractivity contribution in [3.8, 4) is 0 Å². The Kier molecular flexibility index (Phi) is 6.98. The molecular formula is C17H12F9IO3S. The summed E-state index contributed by atoms with van der Waals surface area (Å²) in [6.45, 7) is 1.62. The van der Waals surface area contributed by atoms with Crippen molar-refractivity contribution in [2.45, 2.75) is 30.2 Å². The molecule has 0 unspecified atom stereocenters. The van der Waals surface area contributed by atoms with E-state index in [4.69, 9.17) is 0 Å². The molecule has 2 aromatic carbocycles. The second-order valence-corrected chi connectivity index (χ2v) is 12.6. The van der Waals surface area contributed by atoms with Crippen molar-refractivity contribution in [1.29, 1.82) is 0 Å². The molecule has 0 atom stereocenters. The molecule has 0 amide bonds. The molecule has 0 aliphatic carbocycles. The van der Waals surface area contributed by atoms with E-state index in [1.165, 1.54) is 54.6 Å². The van der Waals surface area contributed by atoms with Gasteiger partial charge >= 0.3 is 178 Å². The molecule has 0 saturated carbocycles. The Morgan fingerprint density at radius 2 is 1.16 bits per heavy atom. The molecule has 14 heteroatoms. The van der Waals surface area contributed by atoms with E-state index in [1.807, 2.05) is 0 Å². The summed E-state index contributed by atoms with van der Waals surface area (Å²) in [4.78, 5) is 0. The van der Waals surface area contributed by atoms with Crippen LogP contribution in [0.1, 0.15) is 5.56 Å². The molecule has 0 fully saturated rings. The number of halogens is 10. The fourth-order valence-electron chi connectivity index (χ4n) is 2.02. The van der Waals surface area contributed by atoms with Crippen molar-refractivity contribution in [2.24, 2.45) is 0 Å². The first kappa shape index (κ1) is 25.7. The Balaban J connectivity index is 2.56. The van der Waals surface area contributed by atoms with E-state index in [1.54, 1.807) is 6.92 Å². The van der Waals surface area contributed by atoms with Crippen molar-refractivity contribution in [3.63, 3.8) is 0 Å². The van der Waals surface area contributed by atoms with Crippen molar-refractivity contribution in [3.05, 3.63) is 67.3 Å². The normalized spacial score (nSPS) is 14.5. The van der Waals surface area contributed by atoms with Gasteiger partial charge in [-0.1, -0.05) is 0 Å². The van der Waals surface area contributed by atoms with Crippen LogP contribution in [0.4, 0.5) is 39.5 Å². The molecule has 31 heavy (non-hydrogen) atoms. The van der Waals surface area contributed by atoms with E-state index < -0.39 is 53.6 Å². The predicted octanol–water partition coefficient (Wildman–Crippen LogP) is 6.23. The van der Waals surface area contributed by atoms with Crippen LogP contribution < -0.4 is 0 Å². The van der Waals surface area contributed by atoms with E-state index in [-0.39, 0.29) is 7.14 Å². The Morgan fingerprint density at radius 1 is 0.710 bits per heavy atom. The maximum atomic E-state index is 14.0. The standard InChI is InChI=1S/C17H12F9IO3S/c1-11-7-9-13(10-8-11)27(12-5-3-2-4-6-12)30-31(28,29)17(25,26)15(20,21)14(18,19)16(22,23)24/h2-10H,1H3. The molecular weight excluding hydrogens is 582 g/mol. The van der Waals surface area contributed by atoms with Gasteiger partial charge < -0.3 is 0 Å². The van der Waals surface area contributed by atoms with Crippen LogP contribution in [0.3, 0.4) is 0 Å². The van der Waals surface area contributed by atoms with E-state index in [0.717, 1.165) is 0 Å². The van der Waals surface area contributed by atoms with Gasteiger partial charge in [-0.2, -0.15) is 0 Å². The van der Waals surface area contributed by atoms with Gasteiger partial charge in [0.1, 0.15) is 0 Å². The first-order valence-corrected chi connectivity index (χ1v) is 12.4. The molecule has 0 aliphatic rings. The zero-order valence-electron chi connectivity index (χ0n) is 15.1. The molecule has 0 bridgehead atoms. The van der Waals surface area contributed by atoms with Crippen molar-refractivity contribution in [1.82, 2.24) is 0 Å². The molecule has 2 aromatic rings. The van der Waals surface area contributed by atoms with Crippen LogP contribution in [0.25, 0.3) is 0 Å². The molecule has 0 saturated heterocycles. The second kappa shape index (κ2) is 8.42. The molecule has 174 valence electrons. The third kappa shape index (κ3) is 4.65. The van der Waals surface area contributed by atoms with Crippen LogP contribution >= 0.6 is 20.2 Å². The number of hydrogen-bond acceptors (Lipinski definition) is 3. The molecule has 2 rings (SSSR count). The molecule has 0 spiro atoms. The SMILES string of the molecule is Cc1ccc(I(OS(=O)(=O)C(F)(F)C(F)(F)C(F)(F)C(F)(F)F)c2ccccc2)cc1. The molecule has 3 nitrogen and oxygen atoms in total. The molecule has 0 heterocycles. The summed E-state index contributed by atoms with van der Waals surface area (Å²) in [6, 6.07) is 11.9. The van der Waals surface area contributed by atoms with Gasteiger partial charge in [0.25, 0.3) is 0 Å². The minimum atomic E-state index is -7.35. The van der Waals surface area contributed by atoms with Crippen molar-refractivity contribution < 1.29 is 50.4 Å². The first-order chi connectivity index (χ1) is 14.0. The van der Waals surface area contributed by atoms with Crippen LogP contribution in [-0.4, -0.2) is 31.7 Å². The molecule has 0 radical (unpaired) electrons. The summed E-state index contributed by atoms with van der Waals surface area (Å²) < 4.78 is 147. The van der Waals surface area contributed by atoms with Gasteiger partial charge in [-0.3, -0.25) is 0 Å². The first-order valence-electron chi connectivity index (χ1n) is 7.92. The van der Waals surface area contributed by atoms with Gasteiger partial charge in [0.15, 0.2) is 0 Å². The van der Waals surface area contributed by atoms with E-state index in [0.29, 0.717) is 5.56 Å². The minimum absolute atomic E-state index is 0.00808. The van der Waals surface area contributed by atoms with Crippen LogP contribution in [0.5, 0.6) is 0 Å². The summed E-state index contributed by atoms with van der Waals surface area (Å²) in [7, 11) is -6.96. The van der Waals surface area contributed by atoms with Gasteiger partial charge in [0.2, 0.25) is 0 Å². The zero-order chi connectivity index (χ0) is 23.9. The Hall–Kier alpha value is -1.55. The maximum absolute atomic E-state index is 14.0. The Morgan fingerprint density at radius 3 is 1.61 bits per heavy atom. The average molecular weight is 594 g/mol. The van der Waals surface area contributed by atoms with Gasteiger partial charge in [0, 0.05) is 0 Å². The monoisotopic (exact) mass is 594 g/mol. The van der Waals surface area contributed by atoms with Crippen LogP contribution in [-0.2, 0) is 12.6 Å². The number of hydrogen-bond donors (Lipinski definition) is 0. The van der Waals surface area contributed by atoms with Gasteiger partial charge in [0.05, 0.1) is 0 Å². The van der Waals surface area contributed by atoms with Crippen LogP contribution in [0, 0.1) is 14.1 Å². The van der Waals surface area contributed by atoms with Crippen LogP contribution in [0.2, 0.25) is 0 Å². The van der Waals surface area contributed by atoms with Crippen molar-refractivity contribution >= 4 is 30.4 Å². The fourth-order valence-corrected chi connectivity index (χ4v) is 8.99. The summed E-state index contributed by atoms with van der Waals surface area (Å²) in [6.07, 6.45) is -7.15. The third-order valence-corrected chi connectivity index (χ3v) is 11.1. The van der Waals surface area contributed by atoms with E-state index in [9.17, 15) is 47.9 Å². The molecule has 0 aliphatic heterocycles. The summed E-state index contributed by atoms with van der Waals surface area (Å²) >= 11 is -4.02. The molecule has 0 N–H and O–H groups in total. The van der Waals surface area contributed by atoms with Gasteiger partial charge in [-0.15, -0.1) is 0 Å². The number of aryl methyl sites for hydroxylation is 1. The number of rotatable bonds is 7. The van der Waals surface area contributed by atoms with Crippen LogP contribution in [0.15, 0.2) is 54.6 Å². The predicted molar refractivity (Wildman–Crippen MR) is 99.9 cm³/mol.